The lowest BCUT2D eigenvalue weighted by Crippen LogP contribution is -2.28. The number of hydrogen-bond donors (Lipinski definition) is 1. The zero-order valence-electron chi connectivity index (χ0n) is 14.6. The molecule has 0 radical (unpaired) electrons. The Morgan fingerprint density at radius 3 is 2.63 bits per heavy atom. The maximum Gasteiger partial charge on any atom is 0.328 e. The molecule has 2 heterocycles. The van der Waals surface area contributed by atoms with Crippen molar-refractivity contribution in [3.63, 3.8) is 0 Å². The van der Waals surface area contributed by atoms with E-state index in [1.807, 2.05) is 0 Å². The van der Waals surface area contributed by atoms with Crippen LogP contribution in [-0.4, -0.2) is 28.6 Å². The highest BCUT2D eigenvalue weighted by Gasteiger charge is 2.28. The van der Waals surface area contributed by atoms with Gasteiger partial charge in [-0.15, -0.1) is 0 Å². The normalized spacial score (nSPS) is 14.7. The molecule has 1 aromatic carbocycles. The third-order valence-electron chi connectivity index (χ3n) is 4.55. The van der Waals surface area contributed by atoms with E-state index in [1.165, 1.54) is 42.1 Å². The summed E-state index contributed by atoms with van der Waals surface area (Å²) in [5, 5.41) is 13.9. The largest absolute Gasteiger partial charge is 0.381 e. The summed E-state index contributed by atoms with van der Waals surface area (Å²) in [6, 6.07) is 5.30. The maximum atomic E-state index is 14.9. The molecule has 0 saturated carbocycles. The number of halogens is 1. The zero-order valence-corrected chi connectivity index (χ0v) is 14.6. The van der Waals surface area contributed by atoms with Crippen molar-refractivity contribution >= 4 is 17.3 Å². The first-order chi connectivity index (χ1) is 12.9. The Hall–Kier alpha value is -3.07. The van der Waals surface area contributed by atoms with Gasteiger partial charge in [0.2, 0.25) is 17.3 Å². The number of nitrogens with one attached hydrogen (secondary N) is 1. The van der Waals surface area contributed by atoms with Crippen LogP contribution in [0.2, 0.25) is 0 Å². The molecule has 1 fully saturated rings. The maximum absolute atomic E-state index is 14.9. The molecule has 0 unspecified atom stereocenters. The SMILES string of the molecule is Cn1cc(-c2ccc(NC(=O)C3CCOCC3)c([N+](=O)[O-])c2F)ccc1=O. The van der Waals surface area contributed by atoms with Gasteiger partial charge in [-0.1, -0.05) is 0 Å². The van der Waals surface area contributed by atoms with Crippen molar-refractivity contribution in [2.75, 3.05) is 18.5 Å². The molecule has 0 aliphatic carbocycles. The van der Waals surface area contributed by atoms with Crippen molar-refractivity contribution in [3.8, 4) is 11.1 Å². The van der Waals surface area contributed by atoms with Crippen LogP contribution < -0.4 is 10.9 Å². The summed E-state index contributed by atoms with van der Waals surface area (Å²) < 4.78 is 21.3. The molecule has 27 heavy (non-hydrogen) atoms. The minimum Gasteiger partial charge on any atom is -0.381 e. The van der Waals surface area contributed by atoms with Crippen LogP contribution in [0.15, 0.2) is 35.3 Å². The molecule has 1 aliphatic heterocycles. The molecular weight excluding hydrogens is 357 g/mol. The summed E-state index contributed by atoms with van der Waals surface area (Å²) >= 11 is 0. The fourth-order valence-electron chi connectivity index (χ4n) is 3.01. The third kappa shape index (κ3) is 3.87. The first kappa shape index (κ1) is 18.7. The van der Waals surface area contributed by atoms with Gasteiger partial charge in [0.05, 0.1) is 4.92 Å². The highest BCUT2D eigenvalue weighted by Crippen LogP contribution is 2.35. The Kier molecular flexibility index (Phi) is 5.31. The summed E-state index contributed by atoms with van der Waals surface area (Å²) in [5.74, 6) is -1.79. The molecule has 0 atom stereocenters. The van der Waals surface area contributed by atoms with Gasteiger partial charge in [-0.05, 0) is 31.0 Å². The van der Waals surface area contributed by atoms with E-state index in [1.54, 1.807) is 0 Å². The second kappa shape index (κ2) is 7.67. The highest BCUT2D eigenvalue weighted by molar-refractivity contribution is 5.95. The molecular formula is C18H18FN3O5. The van der Waals surface area contributed by atoms with E-state index in [4.69, 9.17) is 4.74 Å². The van der Waals surface area contributed by atoms with Gasteiger partial charge in [-0.3, -0.25) is 19.7 Å². The number of aromatic nitrogens is 1. The smallest absolute Gasteiger partial charge is 0.328 e. The standard InChI is InChI=1S/C18H18FN3O5/c1-21-10-12(2-5-15(21)23)13-3-4-14(17(16(13)19)22(25)26)20-18(24)11-6-8-27-9-7-11/h2-5,10-11H,6-9H2,1H3,(H,20,24). The van der Waals surface area contributed by atoms with E-state index in [0.717, 1.165) is 0 Å². The van der Waals surface area contributed by atoms with Crippen LogP contribution in [0.3, 0.4) is 0 Å². The summed E-state index contributed by atoms with van der Waals surface area (Å²) in [6.45, 7) is 0.889. The molecule has 0 spiro atoms. The molecule has 1 aliphatic rings. The predicted molar refractivity (Wildman–Crippen MR) is 95.9 cm³/mol. The summed E-state index contributed by atoms with van der Waals surface area (Å²) in [4.78, 5) is 34.4. The van der Waals surface area contributed by atoms with Crippen LogP contribution in [0.5, 0.6) is 0 Å². The molecule has 1 saturated heterocycles. The average molecular weight is 375 g/mol. The molecule has 142 valence electrons. The van der Waals surface area contributed by atoms with Crippen LogP contribution in [0, 0.1) is 21.8 Å². The van der Waals surface area contributed by atoms with Crippen LogP contribution in [0.25, 0.3) is 11.1 Å². The van der Waals surface area contributed by atoms with E-state index in [-0.39, 0.29) is 22.7 Å². The van der Waals surface area contributed by atoms with Crippen LogP contribution in [-0.2, 0) is 16.6 Å². The van der Waals surface area contributed by atoms with Crippen molar-refractivity contribution in [1.29, 1.82) is 0 Å². The minimum absolute atomic E-state index is 0.0265. The first-order valence-electron chi connectivity index (χ1n) is 8.41. The molecule has 0 bridgehead atoms. The summed E-state index contributed by atoms with van der Waals surface area (Å²) in [6.07, 6.45) is 2.42. The molecule has 8 nitrogen and oxygen atoms in total. The van der Waals surface area contributed by atoms with Crippen molar-refractivity contribution in [2.24, 2.45) is 13.0 Å². The van der Waals surface area contributed by atoms with E-state index in [9.17, 15) is 24.1 Å². The number of aryl methyl sites for hydroxylation is 1. The molecule has 3 rings (SSSR count). The molecule has 2 aromatic rings. The number of benzene rings is 1. The number of nitro benzene ring substituents is 1. The summed E-state index contributed by atoms with van der Waals surface area (Å²) in [7, 11) is 1.50. The van der Waals surface area contributed by atoms with Gasteiger partial charge in [-0.2, -0.15) is 4.39 Å². The molecule has 1 N–H and O–H groups in total. The van der Waals surface area contributed by atoms with Gasteiger partial charge in [0, 0.05) is 49.6 Å². The number of anilines is 1. The fraction of sp³-hybridized carbons (Fsp3) is 0.333. The van der Waals surface area contributed by atoms with Crippen molar-refractivity contribution in [1.82, 2.24) is 4.57 Å². The number of carbonyl (C=O) groups excluding carboxylic acids is 1. The topological polar surface area (TPSA) is 103 Å². The highest BCUT2D eigenvalue weighted by atomic mass is 19.1. The van der Waals surface area contributed by atoms with E-state index in [2.05, 4.69) is 5.32 Å². The predicted octanol–water partition coefficient (Wildman–Crippen LogP) is 2.46. The van der Waals surface area contributed by atoms with E-state index < -0.39 is 22.3 Å². The Bertz CT molecular complexity index is 950. The molecule has 1 aromatic heterocycles. The Balaban J connectivity index is 1.97. The van der Waals surface area contributed by atoms with Crippen LogP contribution in [0.1, 0.15) is 12.8 Å². The number of nitro groups is 1. The van der Waals surface area contributed by atoms with Crippen LogP contribution in [0.4, 0.5) is 15.8 Å². The lowest BCUT2D eigenvalue weighted by atomic mass is 9.99. The van der Waals surface area contributed by atoms with E-state index >= 15 is 0 Å². The number of rotatable bonds is 4. The number of hydrogen-bond acceptors (Lipinski definition) is 5. The first-order valence-corrected chi connectivity index (χ1v) is 8.41. The van der Waals surface area contributed by atoms with E-state index in [0.29, 0.717) is 31.6 Å². The number of pyridine rings is 1. The quantitative estimate of drug-likeness (QED) is 0.653. The van der Waals surface area contributed by atoms with Crippen LogP contribution >= 0.6 is 0 Å². The van der Waals surface area contributed by atoms with Gasteiger partial charge < -0.3 is 14.6 Å². The van der Waals surface area contributed by atoms with Crippen molar-refractivity contribution in [3.05, 3.63) is 56.7 Å². The van der Waals surface area contributed by atoms with Crippen molar-refractivity contribution < 1.29 is 18.8 Å². The van der Waals surface area contributed by atoms with Gasteiger partial charge in [0.1, 0.15) is 5.69 Å². The average Bonchev–Trinajstić information content (AvgIpc) is 2.64. The Morgan fingerprint density at radius 1 is 1.30 bits per heavy atom. The second-order valence-electron chi connectivity index (χ2n) is 6.32. The summed E-state index contributed by atoms with van der Waals surface area (Å²) in [5.41, 5.74) is -0.986. The third-order valence-corrected chi connectivity index (χ3v) is 4.55. The lowest BCUT2D eigenvalue weighted by molar-refractivity contribution is -0.386. The van der Waals surface area contributed by atoms with Gasteiger partial charge in [0.15, 0.2) is 0 Å². The number of carbonyl (C=O) groups is 1. The zero-order chi connectivity index (χ0) is 19.6. The lowest BCUT2D eigenvalue weighted by Gasteiger charge is -2.21. The van der Waals surface area contributed by atoms with Gasteiger partial charge >= 0.3 is 5.69 Å². The van der Waals surface area contributed by atoms with Gasteiger partial charge in [0.25, 0.3) is 0 Å². The number of ether oxygens (including phenoxy) is 1. The van der Waals surface area contributed by atoms with Gasteiger partial charge in [-0.25, -0.2) is 0 Å². The Morgan fingerprint density at radius 2 is 2.00 bits per heavy atom. The Labute approximate surface area is 153 Å². The van der Waals surface area contributed by atoms with Crippen molar-refractivity contribution in [2.45, 2.75) is 12.8 Å². The second-order valence-corrected chi connectivity index (χ2v) is 6.32. The minimum atomic E-state index is -1.07. The number of amides is 1. The number of nitrogens with zero attached hydrogens (tertiary/aromatic N) is 2. The monoisotopic (exact) mass is 375 g/mol. The fourth-order valence-corrected chi connectivity index (χ4v) is 3.01. The molecule has 9 heteroatoms. The molecule has 1 amide bonds.